The van der Waals surface area contributed by atoms with Gasteiger partial charge in [0.05, 0.1) is 23.1 Å². The van der Waals surface area contributed by atoms with E-state index in [2.05, 4.69) is 53.4 Å². The maximum absolute atomic E-state index is 12.7. The van der Waals surface area contributed by atoms with Gasteiger partial charge in [-0.2, -0.15) is 10.2 Å². The number of hydrogen-bond acceptors (Lipinski definition) is 11. The zero-order valence-corrected chi connectivity index (χ0v) is 28.1. The molecule has 0 saturated carbocycles. The highest BCUT2D eigenvalue weighted by atomic mass is 16.4. The van der Waals surface area contributed by atoms with E-state index in [0.29, 0.717) is 67.9 Å². The smallest absolute Gasteiger partial charge is 0.426 e. The average Bonchev–Trinajstić information content (AvgIpc) is 3.58. The number of hydrazine groups is 2. The van der Waals surface area contributed by atoms with E-state index in [0.717, 1.165) is 0 Å². The molecule has 0 radical (unpaired) electrons. The standard InChI is InChI=1S/C29H46BN11O8/c1-5-31-28(46)38-33-18(2)19(3)34-39-29(47)40-37-25(43)12-8-6-7-11-24(42)36-35-22-15-13-21(14-16-22)26(44)32-20(4)27(45)41-17-9-10-23(41)30(48)49/h13-16,20,23,35,48-49H,5-12,17H2,1-4H3,(H,32,44)(H,36,42)(H,37,43)(H2,31,38,46)(H2,39,40,47)/b33-18+,34-19+/t20-,23+/m1/s1. The molecule has 20 heteroatoms. The minimum absolute atomic E-state index is 0.122. The Labute approximate surface area is 284 Å². The van der Waals surface area contributed by atoms with Gasteiger partial charge in [-0.25, -0.2) is 25.9 Å². The van der Waals surface area contributed by atoms with Crippen molar-refractivity contribution < 1.29 is 38.8 Å². The first-order valence-corrected chi connectivity index (χ1v) is 15.9. The number of carbonyl (C=O) groups excluding carboxylic acids is 6. The lowest BCUT2D eigenvalue weighted by atomic mass is 9.78. The number of hydrazone groups is 2. The molecule has 1 saturated heterocycles. The number of anilines is 1. The normalized spacial score (nSPS) is 15.0. The summed E-state index contributed by atoms with van der Waals surface area (Å²) in [7, 11) is -1.64. The van der Waals surface area contributed by atoms with E-state index in [1.807, 2.05) is 0 Å². The number of urea groups is 2. The van der Waals surface area contributed by atoms with Gasteiger partial charge in [0, 0.05) is 31.5 Å². The van der Waals surface area contributed by atoms with Crippen LogP contribution in [0, 0.1) is 0 Å². The van der Waals surface area contributed by atoms with Gasteiger partial charge in [-0.05, 0) is 77.6 Å². The molecule has 0 aliphatic carbocycles. The molecule has 1 aromatic carbocycles. The van der Waals surface area contributed by atoms with Gasteiger partial charge in [-0.3, -0.25) is 35.5 Å². The van der Waals surface area contributed by atoms with E-state index >= 15 is 0 Å². The molecular formula is C29H46BN11O8. The molecule has 0 bridgehead atoms. The fraction of sp³-hybridized carbons (Fsp3) is 0.517. The van der Waals surface area contributed by atoms with Crippen molar-refractivity contribution in [2.24, 2.45) is 10.2 Å². The van der Waals surface area contributed by atoms with Crippen molar-refractivity contribution in [3.05, 3.63) is 29.8 Å². The number of nitrogens with one attached hydrogen (secondary N) is 8. The molecule has 49 heavy (non-hydrogen) atoms. The first-order valence-electron chi connectivity index (χ1n) is 15.9. The Morgan fingerprint density at radius 2 is 1.47 bits per heavy atom. The molecule has 2 rings (SSSR count). The summed E-state index contributed by atoms with van der Waals surface area (Å²) in [4.78, 5) is 74.1. The molecule has 0 aromatic heterocycles. The SMILES string of the molecule is CCNC(=O)N/N=C(C)/C(C)=N/NC(=O)NNC(=O)CCCCCC(=O)NNc1ccc(C(=O)N[C@H](C)C(=O)N2CCC[C@H]2B(O)O)cc1. The summed E-state index contributed by atoms with van der Waals surface area (Å²) >= 11 is 0. The van der Waals surface area contributed by atoms with Crippen LogP contribution in [-0.2, 0) is 14.4 Å². The Balaban J connectivity index is 1.60. The molecule has 268 valence electrons. The van der Waals surface area contributed by atoms with Crippen LogP contribution in [0.15, 0.2) is 34.5 Å². The molecule has 10 N–H and O–H groups in total. The highest BCUT2D eigenvalue weighted by Gasteiger charge is 2.38. The molecule has 8 amide bonds. The zero-order valence-electron chi connectivity index (χ0n) is 28.1. The van der Waals surface area contributed by atoms with Gasteiger partial charge >= 0.3 is 19.2 Å². The van der Waals surface area contributed by atoms with Crippen molar-refractivity contribution in [3.63, 3.8) is 0 Å². The maximum atomic E-state index is 12.7. The van der Waals surface area contributed by atoms with Gasteiger partial charge in [-0.1, -0.05) is 6.42 Å². The maximum Gasteiger partial charge on any atom is 0.475 e. The summed E-state index contributed by atoms with van der Waals surface area (Å²) in [6.45, 7) is 7.28. The Hall–Kier alpha value is -5.24. The van der Waals surface area contributed by atoms with Crippen molar-refractivity contribution in [1.82, 2.24) is 42.7 Å². The van der Waals surface area contributed by atoms with Crippen molar-refractivity contribution in [2.45, 2.75) is 84.6 Å². The van der Waals surface area contributed by atoms with Crippen molar-refractivity contribution in [3.8, 4) is 0 Å². The van der Waals surface area contributed by atoms with E-state index in [4.69, 9.17) is 0 Å². The molecule has 0 unspecified atom stereocenters. The second-order valence-corrected chi connectivity index (χ2v) is 11.1. The number of hydrogen-bond donors (Lipinski definition) is 10. The van der Waals surface area contributed by atoms with Gasteiger partial charge in [-0.15, -0.1) is 0 Å². The van der Waals surface area contributed by atoms with Crippen molar-refractivity contribution in [2.75, 3.05) is 18.5 Å². The van der Waals surface area contributed by atoms with E-state index in [1.165, 1.54) is 24.0 Å². The molecule has 0 spiro atoms. The summed E-state index contributed by atoms with van der Waals surface area (Å²) in [6.07, 6.45) is 3.04. The van der Waals surface area contributed by atoms with E-state index in [9.17, 15) is 38.8 Å². The fourth-order valence-corrected chi connectivity index (χ4v) is 4.47. The van der Waals surface area contributed by atoms with Crippen LogP contribution in [0.4, 0.5) is 15.3 Å². The topological polar surface area (TPSA) is 267 Å². The summed E-state index contributed by atoms with van der Waals surface area (Å²) in [6, 6.07) is 4.11. The third-order valence-corrected chi connectivity index (χ3v) is 7.27. The lowest BCUT2D eigenvalue weighted by Gasteiger charge is -2.27. The first-order chi connectivity index (χ1) is 23.3. The number of benzene rings is 1. The minimum Gasteiger partial charge on any atom is -0.426 e. The van der Waals surface area contributed by atoms with Crippen LogP contribution >= 0.6 is 0 Å². The van der Waals surface area contributed by atoms with E-state index in [1.54, 1.807) is 32.9 Å². The largest absolute Gasteiger partial charge is 0.475 e. The molecule has 1 aliphatic heterocycles. The third-order valence-electron chi connectivity index (χ3n) is 7.27. The van der Waals surface area contributed by atoms with Crippen LogP contribution in [0.2, 0.25) is 0 Å². The van der Waals surface area contributed by atoms with Crippen LogP contribution < -0.4 is 43.2 Å². The van der Waals surface area contributed by atoms with Gasteiger partial charge in [0.1, 0.15) is 6.04 Å². The number of amides is 8. The minimum atomic E-state index is -1.64. The zero-order chi connectivity index (χ0) is 36.3. The number of likely N-dealkylation sites (tertiary alicyclic amines) is 1. The molecule has 19 nitrogen and oxygen atoms in total. The molecule has 1 fully saturated rings. The Morgan fingerprint density at radius 1 is 0.878 bits per heavy atom. The summed E-state index contributed by atoms with van der Waals surface area (Å²) < 4.78 is 0. The number of carbonyl (C=O) groups is 6. The summed E-state index contributed by atoms with van der Waals surface area (Å²) in [5.41, 5.74) is 15.7. The predicted octanol–water partition coefficient (Wildman–Crippen LogP) is -0.397. The van der Waals surface area contributed by atoms with E-state index < -0.39 is 48.9 Å². The second-order valence-electron chi connectivity index (χ2n) is 11.1. The van der Waals surface area contributed by atoms with Crippen molar-refractivity contribution >= 4 is 59.9 Å². The molecule has 1 aromatic rings. The number of unbranched alkanes of at least 4 members (excludes halogenated alkanes) is 2. The lowest BCUT2D eigenvalue weighted by molar-refractivity contribution is -0.132. The van der Waals surface area contributed by atoms with Gasteiger partial charge in [0.25, 0.3) is 5.91 Å². The molecule has 2 atom stereocenters. The van der Waals surface area contributed by atoms with Crippen molar-refractivity contribution in [1.29, 1.82) is 0 Å². The van der Waals surface area contributed by atoms with Gasteiger partial charge in [0.2, 0.25) is 17.7 Å². The Morgan fingerprint density at radius 3 is 2.06 bits per heavy atom. The quantitative estimate of drug-likeness (QED) is 0.0468. The van der Waals surface area contributed by atoms with Crippen LogP contribution in [0.5, 0.6) is 0 Å². The summed E-state index contributed by atoms with van der Waals surface area (Å²) in [5, 5.41) is 31.8. The molecule has 1 aliphatic rings. The summed E-state index contributed by atoms with van der Waals surface area (Å²) in [5.74, 6) is -2.26. The molecular weight excluding hydrogens is 641 g/mol. The highest BCUT2D eigenvalue weighted by Crippen LogP contribution is 2.19. The Kier molecular flexibility index (Phi) is 17.0. The molecule has 1 heterocycles. The number of nitrogens with zero attached hydrogens (tertiary/aromatic N) is 3. The lowest BCUT2D eigenvalue weighted by Crippen LogP contribution is -2.52. The number of rotatable bonds is 16. The van der Waals surface area contributed by atoms with Crippen LogP contribution in [0.25, 0.3) is 0 Å². The second kappa shape index (κ2) is 20.9. The first kappa shape index (κ1) is 39.9. The van der Waals surface area contributed by atoms with E-state index in [-0.39, 0.29) is 18.7 Å². The fourth-order valence-electron chi connectivity index (χ4n) is 4.47. The predicted molar refractivity (Wildman–Crippen MR) is 181 cm³/mol. The highest BCUT2D eigenvalue weighted by molar-refractivity contribution is 6.43. The van der Waals surface area contributed by atoms with Gasteiger partial charge < -0.3 is 25.6 Å². The monoisotopic (exact) mass is 687 g/mol. The van der Waals surface area contributed by atoms with Crippen LogP contribution in [0.1, 0.15) is 83.0 Å². The Bertz CT molecular complexity index is 1370. The third kappa shape index (κ3) is 14.6. The van der Waals surface area contributed by atoms with Crippen LogP contribution in [0.3, 0.4) is 0 Å². The average molecular weight is 688 g/mol. The van der Waals surface area contributed by atoms with Gasteiger partial charge in [0.15, 0.2) is 0 Å². The van der Waals surface area contributed by atoms with Crippen LogP contribution in [-0.4, -0.2) is 94.3 Å².